The zero-order chi connectivity index (χ0) is 15.1. The fraction of sp³-hybridized carbons (Fsp3) is 0.667. The molecule has 1 heterocycles. The van der Waals surface area contributed by atoms with Crippen molar-refractivity contribution < 1.29 is 9.84 Å². The van der Waals surface area contributed by atoms with E-state index in [0.717, 1.165) is 45.4 Å². The molecule has 0 radical (unpaired) electrons. The largest absolute Gasteiger partial charge is 0.396 e. The lowest BCUT2D eigenvalue weighted by Crippen LogP contribution is -2.44. The lowest BCUT2D eigenvalue weighted by Gasteiger charge is -2.36. The third kappa shape index (κ3) is 5.10. The van der Waals surface area contributed by atoms with Gasteiger partial charge in [0.05, 0.1) is 6.61 Å². The van der Waals surface area contributed by atoms with Gasteiger partial charge in [-0.3, -0.25) is 0 Å². The number of benzene rings is 1. The SMILES string of the molecule is Cc1ccc(CCC(C)NCC2(CO)CCOCC2)cc1. The molecular formula is C18H29NO2. The van der Waals surface area contributed by atoms with Gasteiger partial charge in [0.1, 0.15) is 0 Å². The smallest absolute Gasteiger partial charge is 0.0501 e. The molecule has 0 aliphatic carbocycles. The van der Waals surface area contributed by atoms with E-state index in [-0.39, 0.29) is 12.0 Å². The van der Waals surface area contributed by atoms with E-state index in [1.165, 1.54) is 11.1 Å². The number of aliphatic hydroxyl groups is 1. The summed E-state index contributed by atoms with van der Waals surface area (Å²) >= 11 is 0. The molecule has 1 saturated heterocycles. The molecule has 0 amide bonds. The summed E-state index contributed by atoms with van der Waals surface area (Å²) in [4.78, 5) is 0. The quantitative estimate of drug-likeness (QED) is 0.811. The maximum absolute atomic E-state index is 9.69. The Balaban J connectivity index is 1.73. The molecule has 1 atom stereocenters. The van der Waals surface area contributed by atoms with E-state index >= 15 is 0 Å². The van der Waals surface area contributed by atoms with E-state index < -0.39 is 0 Å². The topological polar surface area (TPSA) is 41.5 Å². The van der Waals surface area contributed by atoms with Crippen LogP contribution in [0.5, 0.6) is 0 Å². The first kappa shape index (κ1) is 16.5. The summed E-state index contributed by atoms with van der Waals surface area (Å²) in [5.41, 5.74) is 2.74. The minimum absolute atomic E-state index is 0.0242. The minimum atomic E-state index is 0.0242. The van der Waals surface area contributed by atoms with Gasteiger partial charge < -0.3 is 15.2 Å². The average molecular weight is 291 g/mol. The number of hydrogen-bond acceptors (Lipinski definition) is 3. The van der Waals surface area contributed by atoms with Crippen molar-refractivity contribution in [3.8, 4) is 0 Å². The molecule has 0 bridgehead atoms. The molecule has 118 valence electrons. The second-order valence-electron chi connectivity index (χ2n) is 6.58. The Labute approximate surface area is 128 Å². The predicted octanol–water partition coefficient (Wildman–Crippen LogP) is 2.69. The monoisotopic (exact) mass is 291 g/mol. The van der Waals surface area contributed by atoms with Gasteiger partial charge in [0.15, 0.2) is 0 Å². The molecule has 2 N–H and O–H groups in total. The Morgan fingerprint density at radius 1 is 1.24 bits per heavy atom. The van der Waals surface area contributed by atoms with Crippen LogP contribution in [-0.2, 0) is 11.2 Å². The van der Waals surface area contributed by atoms with Gasteiger partial charge in [0.25, 0.3) is 0 Å². The molecule has 1 unspecified atom stereocenters. The van der Waals surface area contributed by atoms with Crippen LogP contribution in [0.1, 0.15) is 37.3 Å². The molecule has 3 nitrogen and oxygen atoms in total. The van der Waals surface area contributed by atoms with E-state index in [9.17, 15) is 5.11 Å². The van der Waals surface area contributed by atoms with Crippen molar-refractivity contribution in [2.45, 2.75) is 45.6 Å². The summed E-state index contributed by atoms with van der Waals surface area (Å²) in [5.74, 6) is 0. The zero-order valence-electron chi connectivity index (χ0n) is 13.4. The summed E-state index contributed by atoms with van der Waals surface area (Å²) in [6, 6.07) is 9.26. The van der Waals surface area contributed by atoms with Crippen molar-refractivity contribution in [3.63, 3.8) is 0 Å². The molecule has 3 heteroatoms. The first-order valence-corrected chi connectivity index (χ1v) is 8.11. The van der Waals surface area contributed by atoms with Crippen molar-refractivity contribution in [2.75, 3.05) is 26.4 Å². The molecule has 0 aromatic heterocycles. The molecule has 0 saturated carbocycles. The molecule has 1 aliphatic rings. The summed E-state index contributed by atoms with van der Waals surface area (Å²) in [6.07, 6.45) is 4.15. The standard InChI is InChI=1S/C18H29NO2/c1-15-3-6-17(7-4-15)8-5-16(2)19-13-18(14-20)9-11-21-12-10-18/h3-4,6-7,16,19-20H,5,8-14H2,1-2H3. The van der Waals surface area contributed by atoms with Crippen molar-refractivity contribution in [1.29, 1.82) is 0 Å². The average Bonchev–Trinajstić information content (AvgIpc) is 2.53. The predicted molar refractivity (Wildman–Crippen MR) is 86.5 cm³/mol. The fourth-order valence-corrected chi connectivity index (χ4v) is 2.83. The van der Waals surface area contributed by atoms with Gasteiger partial charge in [-0.15, -0.1) is 0 Å². The first-order chi connectivity index (χ1) is 10.1. The van der Waals surface area contributed by atoms with Crippen molar-refractivity contribution >= 4 is 0 Å². The van der Waals surface area contributed by atoms with Crippen LogP contribution in [0.25, 0.3) is 0 Å². The number of rotatable bonds is 7. The van der Waals surface area contributed by atoms with E-state index in [4.69, 9.17) is 4.74 Å². The Kier molecular flexibility index (Phi) is 6.22. The van der Waals surface area contributed by atoms with Crippen molar-refractivity contribution in [3.05, 3.63) is 35.4 Å². The van der Waals surface area contributed by atoms with Gasteiger partial charge in [-0.1, -0.05) is 29.8 Å². The maximum Gasteiger partial charge on any atom is 0.0501 e. The fourth-order valence-electron chi connectivity index (χ4n) is 2.83. The van der Waals surface area contributed by atoms with Crippen LogP contribution in [0.3, 0.4) is 0 Å². The van der Waals surface area contributed by atoms with Crippen molar-refractivity contribution in [1.82, 2.24) is 5.32 Å². The van der Waals surface area contributed by atoms with Gasteiger partial charge in [0, 0.05) is 31.2 Å². The number of aliphatic hydroxyl groups excluding tert-OH is 1. The second-order valence-corrected chi connectivity index (χ2v) is 6.58. The number of ether oxygens (including phenoxy) is 1. The summed E-state index contributed by atoms with van der Waals surface area (Å²) in [6.45, 7) is 7.06. The van der Waals surface area contributed by atoms with E-state index in [1.54, 1.807) is 0 Å². The highest BCUT2D eigenvalue weighted by atomic mass is 16.5. The molecule has 0 spiro atoms. The van der Waals surface area contributed by atoms with E-state index in [0.29, 0.717) is 6.04 Å². The van der Waals surface area contributed by atoms with Crippen LogP contribution in [0, 0.1) is 12.3 Å². The van der Waals surface area contributed by atoms with Gasteiger partial charge in [0.2, 0.25) is 0 Å². The molecule has 1 aromatic carbocycles. The molecule has 1 aromatic rings. The first-order valence-electron chi connectivity index (χ1n) is 8.11. The number of aryl methyl sites for hydroxylation is 2. The summed E-state index contributed by atoms with van der Waals surface area (Å²) in [5, 5.41) is 13.3. The lowest BCUT2D eigenvalue weighted by atomic mass is 9.81. The van der Waals surface area contributed by atoms with Crippen LogP contribution < -0.4 is 5.32 Å². The molecular weight excluding hydrogens is 262 g/mol. The summed E-state index contributed by atoms with van der Waals surface area (Å²) in [7, 11) is 0. The maximum atomic E-state index is 9.69. The van der Waals surface area contributed by atoms with Crippen LogP contribution in [0.2, 0.25) is 0 Å². The molecule has 21 heavy (non-hydrogen) atoms. The molecule has 2 rings (SSSR count). The Bertz CT molecular complexity index is 410. The normalized spacial score (nSPS) is 19.4. The summed E-state index contributed by atoms with van der Waals surface area (Å²) < 4.78 is 5.41. The molecule has 1 fully saturated rings. The van der Waals surface area contributed by atoms with Crippen LogP contribution in [0.4, 0.5) is 0 Å². The van der Waals surface area contributed by atoms with E-state index in [1.807, 2.05) is 0 Å². The number of nitrogens with one attached hydrogen (secondary N) is 1. The van der Waals surface area contributed by atoms with Crippen LogP contribution >= 0.6 is 0 Å². The highest BCUT2D eigenvalue weighted by Gasteiger charge is 2.31. The number of hydrogen-bond donors (Lipinski definition) is 2. The van der Waals surface area contributed by atoms with Gasteiger partial charge >= 0.3 is 0 Å². The third-order valence-corrected chi connectivity index (χ3v) is 4.70. The minimum Gasteiger partial charge on any atom is -0.396 e. The second kappa shape index (κ2) is 7.92. The zero-order valence-corrected chi connectivity index (χ0v) is 13.4. The Morgan fingerprint density at radius 2 is 1.90 bits per heavy atom. The van der Waals surface area contributed by atoms with Gasteiger partial charge in [-0.25, -0.2) is 0 Å². The van der Waals surface area contributed by atoms with Gasteiger partial charge in [-0.2, -0.15) is 0 Å². The van der Waals surface area contributed by atoms with Crippen molar-refractivity contribution in [2.24, 2.45) is 5.41 Å². The lowest BCUT2D eigenvalue weighted by molar-refractivity contribution is -0.0163. The highest BCUT2D eigenvalue weighted by Crippen LogP contribution is 2.29. The van der Waals surface area contributed by atoms with Gasteiger partial charge in [-0.05, 0) is 45.1 Å². The highest BCUT2D eigenvalue weighted by molar-refractivity contribution is 5.21. The molecule has 1 aliphatic heterocycles. The Hall–Kier alpha value is -0.900. The van der Waals surface area contributed by atoms with E-state index in [2.05, 4.69) is 43.4 Å². The van der Waals surface area contributed by atoms with Crippen LogP contribution in [-0.4, -0.2) is 37.5 Å². The Morgan fingerprint density at radius 3 is 2.52 bits per heavy atom. The third-order valence-electron chi connectivity index (χ3n) is 4.70. The van der Waals surface area contributed by atoms with Crippen LogP contribution in [0.15, 0.2) is 24.3 Å².